The van der Waals surface area contributed by atoms with E-state index in [2.05, 4.69) is 15.8 Å². The second kappa shape index (κ2) is 9.58. The number of nitro groups is 1. The van der Waals surface area contributed by atoms with E-state index in [4.69, 9.17) is 0 Å². The van der Waals surface area contributed by atoms with Gasteiger partial charge in [-0.1, -0.05) is 32.0 Å². The van der Waals surface area contributed by atoms with Crippen LogP contribution in [0.5, 0.6) is 0 Å². The molecule has 9 heteroatoms. The fourth-order valence-corrected chi connectivity index (χ4v) is 2.99. The standard InChI is InChI=1S/C18H20N4O4S/c1-12(2)17(20-16(23)10-15-7-4-8-27-15)18(24)21-19-11-13-5-3-6-14(9-13)22(25)26/h3-9,11-12,17H,10H2,1-2H3,(H,20,23)(H,21,24)/b19-11-/t17-/m1/s1. The Labute approximate surface area is 160 Å². The average Bonchev–Trinajstić information content (AvgIpc) is 3.12. The third-order valence-corrected chi connectivity index (χ3v) is 4.53. The molecule has 0 saturated carbocycles. The number of amides is 2. The van der Waals surface area contributed by atoms with E-state index in [0.29, 0.717) is 5.56 Å². The van der Waals surface area contributed by atoms with Crippen LogP contribution in [-0.2, 0) is 16.0 Å². The number of hydrazone groups is 1. The van der Waals surface area contributed by atoms with Gasteiger partial charge in [-0.2, -0.15) is 5.10 Å². The van der Waals surface area contributed by atoms with Gasteiger partial charge in [0.1, 0.15) is 6.04 Å². The molecule has 0 spiro atoms. The fourth-order valence-electron chi connectivity index (χ4n) is 2.29. The second-order valence-electron chi connectivity index (χ2n) is 6.13. The van der Waals surface area contributed by atoms with Crippen molar-refractivity contribution in [2.45, 2.75) is 26.3 Å². The highest BCUT2D eigenvalue weighted by molar-refractivity contribution is 7.10. The van der Waals surface area contributed by atoms with Crippen molar-refractivity contribution >= 4 is 35.1 Å². The summed E-state index contributed by atoms with van der Waals surface area (Å²) in [5, 5.41) is 19.2. The Kier molecular flexibility index (Phi) is 7.18. The van der Waals surface area contributed by atoms with Gasteiger partial charge in [-0.15, -0.1) is 11.3 Å². The monoisotopic (exact) mass is 388 g/mol. The largest absolute Gasteiger partial charge is 0.344 e. The molecule has 2 amide bonds. The molecular weight excluding hydrogens is 368 g/mol. The number of carbonyl (C=O) groups excluding carboxylic acids is 2. The molecule has 1 atom stereocenters. The highest BCUT2D eigenvalue weighted by Gasteiger charge is 2.24. The van der Waals surface area contributed by atoms with Crippen LogP contribution in [0.1, 0.15) is 24.3 Å². The van der Waals surface area contributed by atoms with Gasteiger partial charge in [-0.05, 0) is 17.4 Å². The molecule has 0 aliphatic rings. The molecule has 27 heavy (non-hydrogen) atoms. The van der Waals surface area contributed by atoms with Crippen LogP contribution in [0.2, 0.25) is 0 Å². The maximum Gasteiger partial charge on any atom is 0.270 e. The molecule has 0 bridgehead atoms. The Morgan fingerprint density at radius 3 is 2.70 bits per heavy atom. The zero-order valence-electron chi connectivity index (χ0n) is 14.9. The number of nitro benzene ring substituents is 1. The number of carbonyl (C=O) groups is 2. The van der Waals surface area contributed by atoms with Crippen molar-refractivity contribution in [2.75, 3.05) is 0 Å². The predicted molar refractivity (Wildman–Crippen MR) is 104 cm³/mol. The van der Waals surface area contributed by atoms with Crippen molar-refractivity contribution in [3.63, 3.8) is 0 Å². The van der Waals surface area contributed by atoms with Crippen LogP contribution in [0.25, 0.3) is 0 Å². The van der Waals surface area contributed by atoms with E-state index in [-0.39, 0.29) is 23.9 Å². The van der Waals surface area contributed by atoms with Gasteiger partial charge in [-0.3, -0.25) is 19.7 Å². The maximum atomic E-state index is 12.3. The lowest BCUT2D eigenvalue weighted by Gasteiger charge is -2.20. The van der Waals surface area contributed by atoms with Crippen molar-refractivity contribution in [3.05, 3.63) is 62.3 Å². The Morgan fingerprint density at radius 1 is 1.30 bits per heavy atom. The first-order valence-electron chi connectivity index (χ1n) is 8.26. The smallest absolute Gasteiger partial charge is 0.270 e. The molecule has 2 rings (SSSR count). The Bertz CT molecular complexity index is 834. The van der Waals surface area contributed by atoms with E-state index in [1.807, 2.05) is 31.4 Å². The second-order valence-corrected chi connectivity index (χ2v) is 7.16. The lowest BCUT2D eigenvalue weighted by Crippen LogP contribution is -2.49. The normalized spacial score (nSPS) is 12.1. The fraction of sp³-hybridized carbons (Fsp3) is 0.278. The molecule has 2 N–H and O–H groups in total. The van der Waals surface area contributed by atoms with Crippen LogP contribution >= 0.6 is 11.3 Å². The molecule has 2 aromatic rings. The van der Waals surface area contributed by atoms with Gasteiger partial charge in [0.05, 0.1) is 17.6 Å². The number of nitrogens with one attached hydrogen (secondary N) is 2. The van der Waals surface area contributed by atoms with Crippen LogP contribution in [0.4, 0.5) is 5.69 Å². The number of nitrogens with zero attached hydrogens (tertiary/aromatic N) is 2. The summed E-state index contributed by atoms with van der Waals surface area (Å²) in [5.41, 5.74) is 2.79. The third kappa shape index (κ3) is 6.30. The van der Waals surface area contributed by atoms with Gasteiger partial charge in [0.15, 0.2) is 0 Å². The summed E-state index contributed by atoms with van der Waals surface area (Å²) in [7, 11) is 0. The molecule has 1 aromatic heterocycles. The van der Waals surface area contributed by atoms with Gasteiger partial charge >= 0.3 is 0 Å². The third-order valence-electron chi connectivity index (χ3n) is 3.65. The molecule has 142 valence electrons. The van der Waals surface area contributed by atoms with E-state index in [9.17, 15) is 19.7 Å². The summed E-state index contributed by atoms with van der Waals surface area (Å²) in [6.07, 6.45) is 1.53. The number of non-ortho nitro benzene ring substituents is 1. The number of thiophene rings is 1. The van der Waals surface area contributed by atoms with E-state index in [0.717, 1.165) is 4.88 Å². The summed E-state index contributed by atoms with van der Waals surface area (Å²) in [5.74, 6) is -0.828. The number of benzene rings is 1. The topological polar surface area (TPSA) is 114 Å². The number of hydrogen-bond donors (Lipinski definition) is 2. The minimum atomic E-state index is -0.736. The lowest BCUT2D eigenvalue weighted by atomic mass is 10.0. The quantitative estimate of drug-likeness (QED) is 0.411. The van der Waals surface area contributed by atoms with Crippen LogP contribution in [-0.4, -0.2) is 29.0 Å². The summed E-state index contributed by atoms with van der Waals surface area (Å²) < 4.78 is 0. The van der Waals surface area contributed by atoms with Crippen LogP contribution in [0.15, 0.2) is 46.9 Å². The van der Waals surface area contributed by atoms with Gasteiger partial charge < -0.3 is 5.32 Å². The lowest BCUT2D eigenvalue weighted by molar-refractivity contribution is -0.384. The summed E-state index contributed by atoms with van der Waals surface area (Å²) in [4.78, 5) is 35.7. The number of hydrogen-bond acceptors (Lipinski definition) is 6. The van der Waals surface area contributed by atoms with Crippen molar-refractivity contribution in [1.82, 2.24) is 10.7 Å². The first-order chi connectivity index (χ1) is 12.9. The maximum absolute atomic E-state index is 12.3. The summed E-state index contributed by atoms with van der Waals surface area (Å²) in [6, 6.07) is 8.86. The van der Waals surface area contributed by atoms with Crippen LogP contribution in [0, 0.1) is 16.0 Å². The molecule has 0 unspecified atom stereocenters. The highest BCUT2D eigenvalue weighted by atomic mass is 32.1. The SMILES string of the molecule is CC(C)[C@@H](NC(=O)Cc1cccs1)C(=O)N/N=C\c1cccc([N+](=O)[O-])c1. The van der Waals surface area contributed by atoms with Crippen molar-refractivity contribution in [3.8, 4) is 0 Å². The average molecular weight is 388 g/mol. The van der Waals surface area contributed by atoms with Crippen molar-refractivity contribution in [2.24, 2.45) is 11.0 Å². The molecule has 8 nitrogen and oxygen atoms in total. The predicted octanol–water partition coefficient (Wildman–Crippen LogP) is 2.49. The highest BCUT2D eigenvalue weighted by Crippen LogP contribution is 2.12. The zero-order chi connectivity index (χ0) is 19.8. The minimum absolute atomic E-state index is 0.0637. The molecule has 0 aliphatic heterocycles. The van der Waals surface area contributed by atoms with E-state index < -0.39 is 16.9 Å². The first-order valence-corrected chi connectivity index (χ1v) is 9.14. The Balaban J connectivity index is 1.95. The van der Waals surface area contributed by atoms with Crippen molar-refractivity contribution < 1.29 is 14.5 Å². The van der Waals surface area contributed by atoms with Crippen LogP contribution in [0.3, 0.4) is 0 Å². The van der Waals surface area contributed by atoms with Gasteiger partial charge in [0.2, 0.25) is 5.91 Å². The summed E-state index contributed by atoms with van der Waals surface area (Å²) in [6.45, 7) is 3.64. The first kappa shape index (κ1) is 20.2. The number of rotatable bonds is 8. The minimum Gasteiger partial charge on any atom is -0.344 e. The summed E-state index contributed by atoms with van der Waals surface area (Å²) >= 11 is 1.48. The van der Waals surface area contributed by atoms with E-state index in [1.165, 1.54) is 35.8 Å². The van der Waals surface area contributed by atoms with Crippen LogP contribution < -0.4 is 10.7 Å². The van der Waals surface area contributed by atoms with Gasteiger partial charge in [0.25, 0.3) is 11.6 Å². The molecule has 1 aromatic carbocycles. The molecule has 0 aliphatic carbocycles. The van der Waals surface area contributed by atoms with Gasteiger partial charge in [-0.25, -0.2) is 5.43 Å². The molecule has 0 saturated heterocycles. The Hall–Kier alpha value is -3.07. The zero-order valence-corrected chi connectivity index (χ0v) is 15.7. The molecule has 1 heterocycles. The van der Waals surface area contributed by atoms with Crippen molar-refractivity contribution in [1.29, 1.82) is 0 Å². The molecule has 0 fully saturated rings. The van der Waals surface area contributed by atoms with Gasteiger partial charge in [0, 0.05) is 22.6 Å². The molecule has 0 radical (unpaired) electrons. The van der Waals surface area contributed by atoms with E-state index in [1.54, 1.807) is 6.07 Å². The van der Waals surface area contributed by atoms with E-state index >= 15 is 0 Å². The molecular formula is C18H20N4O4S. The Morgan fingerprint density at radius 2 is 2.07 bits per heavy atom.